The first-order chi connectivity index (χ1) is 11.6. The fourth-order valence-electron chi connectivity index (χ4n) is 3.28. The predicted octanol–water partition coefficient (Wildman–Crippen LogP) is 3.13. The molecule has 1 fully saturated rings. The molecular weight excluding hydrogens is 298 g/mol. The maximum absolute atomic E-state index is 12.7. The van der Waals surface area contributed by atoms with Crippen LogP contribution >= 0.6 is 0 Å². The molecule has 1 aromatic heterocycles. The highest BCUT2D eigenvalue weighted by atomic mass is 16.2. The van der Waals surface area contributed by atoms with Gasteiger partial charge in [0.15, 0.2) is 0 Å². The number of amides is 1. The van der Waals surface area contributed by atoms with E-state index in [0.29, 0.717) is 11.6 Å². The van der Waals surface area contributed by atoms with Crippen molar-refractivity contribution in [3.63, 3.8) is 0 Å². The number of hydrogen-bond donors (Lipinski definition) is 0. The van der Waals surface area contributed by atoms with Gasteiger partial charge in [0.25, 0.3) is 5.91 Å². The molecule has 1 aliphatic heterocycles. The number of aromatic nitrogens is 1. The molecule has 24 heavy (non-hydrogen) atoms. The van der Waals surface area contributed by atoms with E-state index in [-0.39, 0.29) is 5.91 Å². The van der Waals surface area contributed by atoms with Crippen molar-refractivity contribution in [1.82, 2.24) is 14.8 Å². The molecule has 4 nitrogen and oxygen atoms in total. The van der Waals surface area contributed by atoms with E-state index < -0.39 is 0 Å². The van der Waals surface area contributed by atoms with Gasteiger partial charge in [0.05, 0.1) is 5.56 Å². The van der Waals surface area contributed by atoms with Gasteiger partial charge in [0.1, 0.15) is 0 Å². The van der Waals surface area contributed by atoms with Crippen molar-refractivity contribution in [2.75, 3.05) is 20.1 Å². The largest absolute Gasteiger partial charge is 0.337 e. The zero-order valence-electron chi connectivity index (χ0n) is 14.5. The lowest BCUT2D eigenvalue weighted by Crippen LogP contribution is -2.48. The van der Waals surface area contributed by atoms with Crippen molar-refractivity contribution < 1.29 is 4.79 Å². The summed E-state index contributed by atoms with van der Waals surface area (Å²) >= 11 is 0. The number of aryl methyl sites for hydroxylation is 1. The lowest BCUT2D eigenvalue weighted by molar-refractivity contribution is 0.0602. The Morgan fingerprint density at radius 2 is 2.04 bits per heavy atom. The highest BCUT2D eigenvalue weighted by Gasteiger charge is 2.27. The van der Waals surface area contributed by atoms with Gasteiger partial charge in [0.2, 0.25) is 0 Å². The highest BCUT2D eigenvalue weighted by molar-refractivity contribution is 5.94. The summed E-state index contributed by atoms with van der Waals surface area (Å²) in [5.41, 5.74) is 2.93. The van der Waals surface area contributed by atoms with Gasteiger partial charge in [-0.1, -0.05) is 30.3 Å². The molecule has 1 aromatic carbocycles. The number of carbonyl (C=O) groups excluding carboxylic acids is 1. The second-order valence-corrected chi connectivity index (χ2v) is 6.64. The van der Waals surface area contributed by atoms with Crippen molar-refractivity contribution in [2.45, 2.75) is 32.4 Å². The predicted molar refractivity (Wildman–Crippen MR) is 95.8 cm³/mol. The fraction of sp³-hybridized carbons (Fsp3) is 0.400. The molecule has 0 radical (unpaired) electrons. The average molecular weight is 323 g/mol. The van der Waals surface area contributed by atoms with Gasteiger partial charge >= 0.3 is 0 Å². The van der Waals surface area contributed by atoms with Crippen LogP contribution in [0.4, 0.5) is 0 Å². The molecule has 0 N–H and O–H groups in total. The van der Waals surface area contributed by atoms with Gasteiger partial charge in [-0.15, -0.1) is 0 Å². The number of likely N-dealkylation sites (tertiary alicyclic amines) is 1. The molecule has 3 rings (SSSR count). The second kappa shape index (κ2) is 7.58. The number of likely N-dealkylation sites (N-methyl/N-ethyl adjacent to an activating group) is 1. The third-order valence-electron chi connectivity index (χ3n) is 4.74. The van der Waals surface area contributed by atoms with Crippen LogP contribution in [0.3, 0.4) is 0 Å². The van der Waals surface area contributed by atoms with E-state index in [9.17, 15) is 4.79 Å². The number of hydrogen-bond acceptors (Lipinski definition) is 3. The van der Waals surface area contributed by atoms with Crippen LogP contribution in [0, 0.1) is 6.92 Å². The topological polar surface area (TPSA) is 36.4 Å². The fourth-order valence-corrected chi connectivity index (χ4v) is 3.28. The normalized spacial score (nSPS) is 18.0. The number of carbonyl (C=O) groups is 1. The minimum Gasteiger partial charge on any atom is -0.337 e. The Morgan fingerprint density at radius 3 is 2.75 bits per heavy atom. The van der Waals surface area contributed by atoms with E-state index in [1.165, 1.54) is 5.56 Å². The van der Waals surface area contributed by atoms with Gasteiger partial charge < -0.3 is 4.90 Å². The van der Waals surface area contributed by atoms with Gasteiger partial charge in [0, 0.05) is 37.6 Å². The molecule has 1 atom stereocenters. The maximum Gasteiger partial charge on any atom is 0.255 e. The van der Waals surface area contributed by atoms with Crippen molar-refractivity contribution >= 4 is 5.91 Å². The van der Waals surface area contributed by atoms with Crippen LogP contribution in [0.15, 0.2) is 48.7 Å². The van der Waals surface area contributed by atoms with Crippen LogP contribution in [0.25, 0.3) is 0 Å². The third kappa shape index (κ3) is 4.01. The first-order valence-electron chi connectivity index (χ1n) is 8.59. The van der Waals surface area contributed by atoms with Gasteiger partial charge in [-0.2, -0.15) is 0 Å². The van der Waals surface area contributed by atoms with E-state index in [0.717, 1.165) is 38.2 Å². The first kappa shape index (κ1) is 16.7. The summed E-state index contributed by atoms with van der Waals surface area (Å²) in [6.07, 6.45) is 3.88. The Balaban J connectivity index is 1.63. The molecule has 1 aliphatic rings. The molecule has 1 saturated heterocycles. The quantitative estimate of drug-likeness (QED) is 0.867. The number of nitrogens with zero attached hydrogens (tertiary/aromatic N) is 3. The van der Waals surface area contributed by atoms with Gasteiger partial charge in [-0.05, 0) is 44.5 Å². The van der Waals surface area contributed by atoms with Crippen molar-refractivity contribution in [3.8, 4) is 0 Å². The maximum atomic E-state index is 12.7. The summed E-state index contributed by atoms with van der Waals surface area (Å²) in [4.78, 5) is 21.3. The summed E-state index contributed by atoms with van der Waals surface area (Å²) < 4.78 is 0. The Bertz CT molecular complexity index is 669. The molecule has 2 aromatic rings. The van der Waals surface area contributed by atoms with Crippen LogP contribution in [0.5, 0.6) is 0 Å². The Morgan fingerprint density at radius 1 is 1.25 bits per heavy atom. The number of benzene rings is 1. The van der Waals surface area contributed by atoms with Gasteiger partial charge in [-0.25, -0.2) is 0 Å². The monoisotopic (exact) mass is 323 g/mol. The molecule has 0 unspecified atom stereocenters. The number of rotatable bonds is 4. The summed E-state index contributed by atoms with van der Waals surface area (Å²) in [6, 6.07) is 14.7. The number of piperidine rings is 1. The molecule has 126 valence electrons. The summed E-state index contributed by atoms with van der Waals surface area (Å²) in [5.74, 6) is 0.0975. The summed E-state index contributed by atoms with van der Waals surface area (Å²) in [5, 5.41) is 0. The smallest absolute Gasteiger partial charge is 0.255 e. The zero-order chi connectivity index (χ0) is 16.9. The SMILES string of the molecule is Cc1ccc(C(=O)N2CCC[C@H](N(C)Cc3ccccc3)C2)cn1. The molecule has 0 saturated carbocycles. The van der Waals surface area contributed by atoms with Crippen LogP contribution in [0.1, 0.15) is 34.5 Å². The molecule has 0 aliphatic carbocycles. The van der Waals surface area contributed by atoms with Crippen molar-refractivity contribution in [3.05, 3.63) is 65.5 Å². The lowest BCUT2D eigenvalue weighted by atomic mass is 10.0. The van der Waals surface area contributed by atoms with Crippen LogP contribution in [-0.4, -0.2) is 46.9 Å². The number of pyridine rings is 1. The highest BCUT2D eigenvalue weighted by Crippen LogP contribution is 2.19. The molecule has 1 amide bonds. The van der Waals surface area contributed by atoms with E-state index in [2.05, 4.69) is 41.2 Å². The van der Waals surface area contributed by atoms with E-state index in [1.807, 2.05) is 30.0 Å². The third-order valence-corrected chi connectivity index (χ3v) is 4.74. The van der Waals surface area contributed by atoms with Crippen molar-refractivity contribution in [2.24, 2.45) is 0 Å². The Kier molecular flexibility index (Phi) is 5.26. The molecule has 0 spiro atoms. The standard InChI is InChI=1S/C20H25N3O/c1-16-10-11-18(13-21-16)20(24)23-12-6-9-19(15-23)22(2)14-17-7-4-3-5-8-17/h3-5,7-8,10-11,13,19H,6,9,12,14-15H2,1-2H3/t19-/m0/s1. The summed E-state index contributed by atoms with van der Waals surface area (Å²) in [7, 11) is 2.15. The molecular formula is C20H25N3O. The minimum absolute atomic E-state index is 0.0975. The lowest BCUT2D eigenvalue weighted by Gasteiger charge is -2.37. The van der Waals surface area contributed by atoms with Crippen LogP contribution < -0.4 is 0 Å². The first-order valence-corrected chi connectivity index (χ1v) is 8.59. The molecule has 2 heterocycles. The second-order valence-electron chi connectivity index (χ2n) is 6.64. The van der Waals surface area contributed by atoms with E-state index in [1.54, 1.807) is 6.20 Å². The van der Waals surface area contributed by atoms with Crippen molar-refractivity contribution in [1.29, 1.82) is 0 Å². The molecule has 4 heteroatoms. The average Bonchev–Trinajstić information content (AvgIpc) is 2.63. The van der Waals surface area contributed by atoms with E-state index >= 15 is 0 Å². The zero-order valence-corrected chi connectivity index (χ0v) is 14.5. The van der Waals surface area contributed by atoms with Gasteiger partial charge in [-0.3, -0.25) is 14.7 Å². The van der Waals surface area contributed by atoms with E-state index in [4.69, 9.17) is 0 Å². The minimum atomic E-state index is 0.0975. The van der Waals surface area contributed by atoms with Crippen LogP contribution in [-0.2, 0) is 6.54 Å². The Labute approximate surface area is 144 Å². The summed E-state index contributed by atoms with van der Waals surface area (Å²) in [6.45, 7) is 4.47. The van der Waals surface area contributed by atoms with Crippen LogP contribution in [0.2, 0.25) is 0 Å². The molecule has 0 bridgehead atoms. The Hall–Kier alpha value is -2.20.